The van der Waals surface area contributed by atoms with Crippen molar-refractivity contribution in [1.82, 2.24) is 0 Å². The fourth-order valence-electron chi connectivity index (χ4n) is 1.82. The first-order chi connectivity index (χ1) is 10.0. The summed E-state index contributed by atoms with van der Waals surface area (Å²) < 4.78 is 27.0. The zero-order chi connectivity index (χ0) is 15.3. The maximum Gasteiger partial charge on any atom is 0.261 e. The van der Waals surface area contributed by atoms with Gasteiger partial charge in [-0.15, -0.1) is 0 Å². The van der Waals surface area contributed by atoms with Crippen LogP contribution in [0.4, 0.5) is 11.4 Å². The Balaban J connectivity index is 2.23. The summed E-state index contributed by atoms with van der Waals surface area (Å²) in [6, 6.07) is 14.8. The zero-order valence-corrected chi connectivity index (χ0v) is 12.3. The van der Waals surface area contributed by atoms with Gasteiger partial charge in [-0.3, -0.25) is 4.72 Å². The molecule has 2 aromatic carbocycles. The molecule has 0 atom stereocenters. The van der Waals surface area contributed by atoms with E-state index in [1.807, 2.05) is 13.0 Å². The first kappa shape index (κ1) is 14.9. The number of sulfonamides is 1. The van der Waals surface area contributed by atoms with Crippen molar-refractivity contribution in [3.05, 3.63) is 54.1 Å². The van der Waals surface area contributed by atoms with Crippen LogP contribution in [0.2, 0.25) is 0 Å². The molecule has 21 heavy (non-hydrogen) atoms. The molecular formula is C15H15N3O2S. The molecule has 0 aromatic heterocycles. The predicted octanol–water partition coefficient (Wildman–Crippen LogP) is 2.79. The zero-order valence-electron chi connectivity index (χ0n) is 11.5. The van der Waals surface area contributed by atoms with Crippen LogP contribution in [0.3, 0.4) is 0 Å². The van der Waals surface area contributed by atoms with Crippen LogP contribution in [0.1, 0.15) is 12.5 Å². The third-order valence-corrected chi connectivity index (χ3v) is 4.19. The summed E-state index contributed by atoms with van der Waals surface area (Å²) in [7, 11) is -3.66. The van der Waals surface area contributed by atoms with Crippen molar-refractivity contribution in [2.75, 3.05) is 16.6 Å². The van der Waals surface area contributed by atoms with E-state index in [1.54, 1.807) is 30.3 Å². The molecule has 6 heteroatoms. The maximum absolute atomic E-state index is 12.3. The first-order valence-corrected chi connectivity index (χ1v) is 7.90. The minimum Gasteiger partial charge on any atom is -0.385 e. The number of nitrogens with zero attached hydrogens (tertiary/aromatic N) is 1. The van der Waals surface area contributed by atoms with Gasteiger partial charge in [0.15, 0.2) is 0 Å². The van der Waals surface area contributed by atoms with Gasteiger partial charge < -0.3 is 5.32 Å². The summed E-state index contributed by atoms with van der Waals surface area (Å²) in [5.41, 5.74) is 1.63. The molecule has 2 rings (SSSR count). The number of nitriles is 1. The van der Waals surface area contributed by atoms with Crippen LogP contribution in [0, 0.1) is 11.3 Å². The van der Waals surface area contributed by atoms with Crippen LogP contribution in [0.5, 0.6) is 0 Å². The molecule has 0 aliphatic rings. The summed E-state index contributed by atoms with van der Waals surface area (Å²) in [6.45, 7) is 2.74. The van der Waals surface area contributed by atoms with Gasteiger partial charge in [0.05, 0.1) is 22.2 Å². The average molecular weight is 301 g/mol. The smallest absolute Gasteiger partial charge is 0.261 e. The van der Waals surface area contributed by atoms with E-state index in [1.165, 1.54) is 18.2 Å². The van der Waals surface area contributed by atoms with Crippen molar-refractivity contribution >= 4 is 21.4 Å². The van der Waals surface area contributed by atoms with Crippen molar-refractivity contribution in [3.8, 4) is 6.07 Å². The Morgan fingerprint density at radius 3 is 2.43 bits per heavy atom. The topological polar surface area (TPSA) is 82.0 Å². The lowest BCUT2D eigenvalue weighted by Crippen LogP contribution is -2.13. The van der Waals surface area contributed by atoms with E-state index in [-0.39, 0.29) is 4.90 Å². The van der Waals surface area contributed by atoms with Gasteiger partial charge in [-0.1, -0.05) is 6.07 Å². The normalized spacial score (nSPS) is 10.7. The van der Waals surface area contributed by atoms with Gasteiger partial charge in [0.2, 0.25) is 0 Å². The standard InChI is InChI=1S/C15H15N3O2S/c1-2-17-13-6-8-15(9-7-13)21(19,20)18-14-5-3-4-12(10-14)11-16/h3-10,17-18H,2H2,1H3. The Hall–Kier alpha value is -2.52. The molecule has 0 aliphatic carbocycles. The fourth-order valence-corrected chi connectivity index (χ4v) is 2.87. The molecule has 108 valence electrons. The quantitative estimate of drug-likeness (QED) is 0.889. The summed E-state index contributed by atoms with van der Waals surface area (Å²) in [5.74, 6) is 0. The van der Waals surface area contributed by atoms with Crippen molar-refractivity contribution in [2.24, 2.45) is 0 Å². The Labute approximate surface area is 124 Å². The average Bonchev–Trinajstić information content (AvgIpc) is 2.48. The second-order valence-corrected chi connectivity index (χ2v) is 6.04. The number of benzene rings is 2. The highest BCUT2D eigenvalue weighted by Gasteiger charge is 2.14. The van der Waals surface area contributed by atoms with Gasteiger partial charge in [0, 0.05) is 12.2 Å². The molecule has 5 nitrogen and oxygen atoms in total. The van der Waals surface area contributed by atoms with Crippen molar-refractivity contribution in [3.63, 3.8) is 0 Å². The summed E-state index contributed by atoms with van der Waals surface area (Å²) in [6.07, 6.45) is 0. The molecule has 0 aliphatic heterocycles. The van der Waals surface area contributed by atoms with E-state index < -0.39 is 10.0 Å². The van der Waals surface area contributed by atoms with E-state index >= 15 is 0 Å². The molecule has 0 radical (unpaired) electrons. The monoisotopic (exact) mass is 301 g/mol. The van der Waals surface area contributed by atoms with Gasteiger partial charge in [-0.25, -0.2) is 8.42 Å². The Morgan fingerprint density at radius 1 is 1.10 bits per heavy atom. The van der Waals surface area contributed by atoms with E-state index in [4.69, 9.17) is 5.26 Å². The molecule has 0 amide bonds. The largest absolute Gasteiger partial charge is 0.385 e. The fraction of sp³-hybridized carbons (Fsp3) is 0.133. The highest BCUT2D eigenvalue weighted by atomic mass is 32.2. The van der Waals surface area contributed by atoms with Crippen LogP contribution in [-0.4, -0.2) is 15.0 Å². The number of hydrogen-bond donors (Lipinski definition) is 2. The Kier molecular flexibility index (Phi) is 4.45. The molecule has 2 aromatic rings. The molecule has 0 unspecified atom stereocenters. The van der Waals surface area contributed by atoms with Crippen molar-refractivity contribution in [1.29, 1.82) is 5.26 Å². The van der Waals surface area contributed by atoms with Gasteiger partial charge in [0.1, 0.15) is 0 Å². The minimum atomic E-state index is -3.66. The summed E-state index contributed by atoms with van der Waals surface area (Å²) in [4.78, 5) is 0.173. The van der Waals surface area contributed by atoms with E-state index in [2.05, 4.69) is 10.0 Å². The van der Waals surface area contributed by atoms with E-state index in [0.717, 1.165) is 12.2 Å². The first-order valence-electron chi connectivity index (χ1n) is 6.42. The van der Waals surface area contributed by atoms with Crippen molar-refractivity contribution < 1.29 is 8.42 Å². The lowest BCUT2D eigenvalue weighted by atomic mass is 10.2. The van der Waals surface area contributed by atoms with Crippen LogP contribution in [-0.2, 0) is 10.0 Å². The van der Waals surface area contributed by atoms with Crippen LogP contribution in [0.25, 0.3) is 0 Å². The van der Waals surface area contributed by atoms with Gasteiger partial charge in [-0.05, 0) is 49.4 Å². The predicted molar refractivity (Wildman–Crippen MR) is 82.6 cm³/mol. The molecule has 0 saturated heterocycles. The molecule has 0 fully saturated rings. The number of nitrogens with one attached hydrogen (secondary N) is 2. The lowest BCUT2D eigenvalue weighted by molar-refractivity contribution is 0.601. The second-order valence-electron chi connectivity index (χ2n) is 4.35. The highest BCUT2D eigenvalue weighted by Crippen LogP contribution is 2.18. The van der Waals surface area contributed by atoms with Crippen LogP contribution in [0.15, 0.2) is 53.4 Å². The van der Waals surface area contributed by atoms with Crippen LogP contribution < -0.4 is 10.0 Å². The van der Waals surface area contributed by atoms with E-state index in [9.17, 15) is 8.42 Å². The third kappa shape index (κ3) is 3.74. The molecule has 2 N–H and O–H groups in total. The van der Waals surface area contributed by atoms with E-state index in [0.29, 0.717) is 11.3 Å². The summed E-state index contributed by atoms with van der Waals surface area (Å²) in [5, 5.41) is 11.9. The minimum absolute atomic E-state index is 0.173. The maximum atomic E-state index is 12.3. The molecule has 0 spiro atoms. The molecular weight excluding hydrogens is 286 g/mol. The second kappa shape index (κ2) is 6.29. The highest BCUT2D eigenvalue weighted by molar-refractivity contribution is 7.92. The third-order valence-electron chi connectivity index (χ3n) is 2.79. The number of rotatable bonds is 5. The molecule has 0 heterocycles. The molecule has 0 saturated carbocycles. The number of anilines is 2. The SMILES string of the molecule is CCNc1ccc(S(=O)(=O)Nc2cccc(C#N)c2)cc1. The van der Waals surface area contributed by atoms with Crippen molar-refractivity contribution in [2.45, 2.75) is 11.8 Å². The number of hydrogen-bond acceptors (Lipinski definition) is 4. The Bertz CT molecular complexity index is 762. The molecule has 0 bridgehead atoms. The van der Waals surface area contributed by atoms with Gasteiger partial charge in [0.25, 0.3) is 10.0 Å². The van der Waals surface area contributed by atoms with Gasteiger partial charge >= 0.3 is 0 Å². The Morgan fingerprint density at radius 2 is 1.81 bits per heavy atom. The lowest BCUT2D eigenvalue weighted by Gasteiger charge is -2.09. The van der Waals surface area contributed by atoms with Crippen LogP contribution >= 0.6 is 0 Å². The van der Waals surface area contributed by atoms with Gasteiger partial charge in [-0.2, -0.15) is 5.26 Å². The summed E-state index contributed by atoms with van der Waals surface area (Å²) >= 11 is 0.